The maximum atomic E-state index is 12.0. The smallest absolute Gasteiger partial charge is 0.252 e. The van der Waals surface area contributed by atoms with Gasteiger partial charge >= 0.3 is 0 Å². The van der Waals surface area contributed by atoms with Gasteiger partial charge in [0.05, 0.1) is 5.56 Å². The van der Waals surface area contributed by atoms with E-state index in [0.29, 0.717) is 11.5 Å². The van der Waals surface area contributed by atoms with Gasteiger partial charge < -0.3 is 5.32 Å². The number of pyridine rings is 1. The van der Waals surface area contributed by atoms with E-state index in [9.17, 15) is 4.79 Å². The summed E-state index contributed by atoms with van der Waals surface area (Å²) < 4.78 is 1.80. The molecule has 0 aliphatic rings. The van der Waals surface area contributed by atoms with Crippen LogP contribution in [0.2, 0.25) is 0 Å². The van der Waals surface area contributed by atoms with Gasteiger partial charge in [0.25, 0.3) is 5.91 Å². The fraction of sp³-hybridized carbons (Fsp3) is 0.400. The number of nitrogens with zero attached hydrogens (tertiary/aromatic N) is 3. The van der Waals surface area contributed by atoms with Crippen LogP contribution in [0.15, 0.2) is 37.1 Å². The lowest BCUT2D eigenvalue weighted by Crippen LogP contribution is -2.29. The average molecular weight is 272 g/mol. The molecule has 20 heavy (non-hydrogen) atoms. The highest BCUT2D eigenvalue weighted by atomic mass is 16.1. The molecule has 0 saturated carbocycles. The summed E-state index contributed by atoms with van der Waals surface area (Å²) >= 11 is 0. The van der Waals surface area contributed by atoms with Crippen LogP contribution in [0.3, 0.4) is 0 Å². The van der Waals surface area contributed by atoms with E-state index in [1.807, 2.05) is 12.3 Å². The zero-order valence-corrected chi connectivity index (χ0v) is 11.9. The van der Waals surface area contributed by atoms with Crippen molar-refractivity contribution in [2.45, 2.75) is 26.7 Å². The molecule has 5 nitrogen and oxygen atoms in total. The summed E-state index contributed by atoms with van der Waals surface area (Å²) in [5.41, 5.74) is 0.583. The number of carbonyl (C=O) groups is 1. The van der Waals surface area contributed by atoms with Gasteiger partial charge in [0.15, 0.2) is 0 Å². The maximum Gasteiger partial charge on any atom is 0.252 e. The first kappa shape index (κ1) is 14.2. The second-order valence-electron chi connectivity index (χ2n) is 4.77. The van der Waals surface area contributed by atoms with Crippen molar-refractivity contribution in [1.82, 2.24) is 19.9 Å². The Bertz CT molecular complexity index is 530. The van der Waals surface area contributed by atoms with E-state index in [2.05, 4.69) is 29.1 Å². The molecule has 0 aliphatic heterocycles. The Morgan fingerprint density at radius 1 is 1.35 bits per heavy atom. The fourth-order valence-electron chi connectivity index (χ4n) is 1.98. The molecule has 0 atom stereocenters. The molecule has 0 aromatic carbocycles. The zero-order valence-electron chi connectivity index (χ0n) is 11.9. The van der Waals surface area contributed by atoms with E-state index in [0.717, 1.165) is 25.2 Å². The molecule has 1 N–H and O–H groups in total. The minimum absolute atomic E-state index is 0.0680. The fourth-order valence-corrected chi connectivity index (χ4v) is 1.98. The molecule has 2 aromatic heterocycles. The number of amides is 1. The molecule has 0 radical (unpaired) electrons. The van der Waals surface area contributed by atoms with E-state index < -0.39 is 0 Å². The average Bonchev–Trinajstić information content (AvgIpc) is 3.02. The first-order chi connectivity index (χ1) is 9.74. The number of nitrogens with one attached hydrogen (secondary N) is 1. The predicted octanol–water partition coefficient (Wildman–Crippen LogP) is 2.43. The van der Waals surface area contributed by atoms with Crippen molar-refractivity contribution in [3.63, 3.8) is 0 Å². The molecule has 0 aliphatic carbocycles. The van der Waals surface area contributed by atoms with Crippen LogP contribution in [0.25, 0.3) is 5.82 Å². The normalized spacial score (nSPS) is 10.8. The summed E-state index contributed by atoms with van der Waals surface area (Å²) in [7, 11) is 0. The van der Waals surface area contributed by atoms with E-state index in [1.165, 1.54) is 0 Å². The van der Waals surface area contributed by atoms with Gasteiger partial charge in [0.2, 0.25) is 0 Å². The Hall–Kier alpha value is -2.17. The van der Waals surface area contributed by atoms with Crippen LogP contribution < -0.4 is 5.32 Å². The van der Waals surface area contributed by atoms with Gasteiger partial charge in [0, 0.05) is 25.1 Å². The molecule has 1 amide bonds. The predicted molar refractivity (Wildman–Crippen MR) is 77.8 cm³/mol. The van der Waals surface area contributed by atoms with Gasteiger partial charge in [-0.2, -0.15) is 0 Å². The van der Waals surface area contributed by atoms with Crippen LogP contribution in [0.5, 0.6) is 0 Å². The van der Waals surface area contributed by atoms with Crippen molar-refractivity contribution in [2.24, 2.45) is 5.92 Å². The molecule has 0 bridgehead atoms. The highest BCUT2D eigenvalue weighted by Crippen LogP contribution is 2.07. The van der Waals surface area contributed by atoms with Gasteiger partial charge in [-0.25, -0.2) is 9.97 Å². The summed E-state index contributed by atoms with van der Waals surface area (Å²) in [6, 6.07) is 3.60. The van der Waals surface area contributed by atoms with Crippen LogP contribution in [0.4, 0.5) is 0 Å². The summed E-state index contributed by atoms with van der Waals surface area (Å²) in [6.07, 6.45) is 8.93. The molecule has 5 heteroatoms. The highest BCUT2D eigenvalue weighted by molar-refractivity contribution is 5.93. The minimum Gasteiger partial charge on any atom is -0.352 e. The van der Waals surface area contributed by atoms with E-state index in [1.54, 1.807) is 29.4 Å². The van der Waals surface area contributed by atoms with Crippen LogP contribution in [0, 0.1) is 5.92 Å². The maximum absolute atomic E-state index is 12.0. The molecule has 0 fully saturated rings. The van der Waals surface area contributed by atoms with Gasteiger partial charge in [-0.15, -0.1) is 0 Å². The number of hydrogen-bond donors (Lipinski definition) is 1. The minimum atomic E-state index is -0.0680. The Kier molecular flexibility index (Phi) is 4.87. The third-order valence-electron chi connectivity index (χ3n) is 3.48. The molecule has 0 spiro atoms. The van der Waals surface area contributed by atoms with Crippen LogP contribution in [-0.4, -0.2) is 27.0 Å². The van der Waals surface area contributed by atoms with Crippen molar-refractivity contribution < 1.29 is 4.79 Å². The summed E-state index contributed by atoms with van der Waals surface area (Å²) in [6.45, 7) is 5.00. The van der Waals surface area contributed by atoms with Gasteiger partial charge in [0.1, 0.15) is 12.1 Å². The standard InChI is InChI=1S/C15H20N4O/c1-3-12(4-2)9-18-15(20)13-5-6-14(17-10-13)19-8-7-16-11-19/h5-8,10-12H,3-4,9H2,1-2H3,(H,18,20). The molecule has 2 heterocycles. The quantitative estimate of drug-likeness (QED) is 0.878. The van der Waals surface area contributed by atoms with Crippen LogP contribution >= 0.6 is 0 Å². The Morgan fingerprint density at radius 3 is 2.70 bits per heavy atom. The second-order valence-corrected chi connectivity index (χ2v) is 4.77. The number of imidazole rings is 1. The number of rotatable bonds is 6. The lowest BCUT2D eigenvalue weighted by molar-refractivity contribution is 0.0946. The van der Waals surface area contributed by atoms with Crippen molar-refractivity contribution >= 4 is 5.91 Å². The molecule has 2 rings (SSSR count). The van der Waals surface area contributed by atoms with E-state index in [4.69, 9.17) is 0 Å². The first-order valence-corrected chi connectivity index (χ1v) is 6.97. The van der Waals surface area contributed by atoms with Crippen molar-refractivity contribution in [3.05, 3.63) is 42.6 Å². The Morgan fingerprint density at radius 2 is 2.15 bits per heavy atom. The Balaban J connectivity index is 1.97. The monoisotopic (exact) mass is 272 g/mol. The molecule has 2 aromatic rings. The topological polar surface area (TPSA) is 59.8 Å². The first-order valence-electron chi connectivity index (χ1n) is 6.97. The highest BCUT2D eigenvalue weighted by Gasteiger charge is 2.09. The number of hydrogen-bond acceptors (Lipinski definition) is 3. The van der Waals surface area contributed by atoms with Gasteiger partial charge in [-0.1, -0.05) is 26.7 Å². The van der Waals surface area contributed by atoms with E-state index in [-0.39, 0.29) is 5.91 Å². The molecule has 106 valence electrons. The molecular weight excluding hydrogens is 252 g/mol. The SMILES string of the molecule is CCC(CC)CNC(=O)c1ccc(-n2ccnc2)nc1. The summed E-state index contributed by atoms with van der Waals surface area (Å²) in [5, 5.41) is 2.96. The molecule has 0 unspecified atom stereocenters. The van der Waals surface area contributed by atoms with Crippen molar-refractivity contribution in [1.29, 1.82) is 0 Å². The summed E-state index contributed by atoms with van der Waals surface area (Å²) in [5.74, 6) is 1.22. The van der Waals surface area contributed by atoms with Crippen molar-refractivity contribution in [3.8, 4) is 5.82 Å². The number of carbonyl (C=O) groups excluding carboxylic acids is 1. The van der Waals surface area contributed by atoms with Crippen molar-refractivity contribution in [2.75, 3.05) is 6.54 Å². The third kappa shape index (κ3) is 3.44. The van der Waals surface area contributed by atoms with Crippen LogP contribution in [-0.2, 0) is 0 Å². The van der Waals surface area contributed by atoms with Gasteiger partial charge in [-0.05, 0) is 18.1 Å². The number of aromatic nitrogens is 3. The Labute approximate surface area is 119 Å². The van der Waals surface area contributed by atoms with Crippen LogP contribution in [0.1, 0.15) is 37.0 Å². The lowest BCUT2D eigenvalue weighted by Gasteiger charge is -2.13. The van der Waals surface area contributed by atoms with Gasteiger partial charge in [-0.3, -0.25) is 9.36 Å². The second kappa shape index (κ2) is 6.84. The lowest BCUT2D eigenvalue weighted by atomic mass is 10.0. The third-order valence-corrected chi connectivity index (χ3v) is 3.48. The molecule has 0 saturated heterocycles. The zero-order chi connectivity index (χ0) is 14.4. The molecular formula is C15H20N4O. The summed E-state index contributed by atoms with van der Waals surface area (Å²) in [4.78, 5) is 20.2. The largest absolute Gasteiger partial charge is 0.352 e. The van der Waals surface area contributed by atoms with E-state index >= 15 is 0 Å².